The first kappa shape index (κ1) is 9.63. The van der Waals surface area contributed by atoms with E-state index in [1.165, 1.54) is 12.1 Å². The van der Waals surface area contributed by atoms with Crippen molar-refractivity contribution in [1.29, 1.82) is 0 Å². The zero-order valence-corrected chi connectivity index (χ0v) is 7.06. The van der Waals surface area contributed by atoms with Gasteiger partial charge in [0.05, 0.1) is 0 Å². The summed E-state index contributed by atoms with van der Waals surface area (Å²) < 4.78 is 0. The van der Waals surface area contributed by atoms with Crippen molar-refractivity contribution in [1.82, 2.24) is 0 Å². The summed E-state index contributed by atoms with van der Waals surface area (Å²) in [6.45, 7) is 5.91. The van der Waals surface area contributed by atoms with Crippen LogP contribution in [-0.4, -0.2) is 18.8 Å². The molecule has 0 aromatic carbocycles. The van der Waals surface area contributed by atoms with Gasteiger partial charge >= 0.3 is 0 Å². The van der Waals surface area contributed by atoms with Crippen LogP contribution in [0.5, 0.6) is 0 Å². The van der Waals surface area contributed by atoms with Gasteiger partial charge in [0.25, 0.3) is 0 Å². The van der Waals surface area contributed by atoms with Gasteiger partial charge in [-0.15, -0.1) is 0 Å². The molecule has 0 heterocycles. The molecule has 0 aromatic heterocycles. The number of hydrogen-bond acceptors (Lipinski definition) is 2. The molecule has 0 aliphatic heterocycles. The molecule has 2 N–H and O–H groups in total. The molecule has 0 unspecified atom stereocenters. The Kier molecular flexibility index (Phi) is 6.50. The van der Waals surface area contributed by atoms with E-state index in [0.717, 1.165) is 25.9 Å². The fourth-order valence-electron chi connectivity index (χ4n) is 0.802. The minimum atomic E-state index is 0.753. The van der Waals surface area contributed by atoms with Crippen LogP contribution in [-0.2, 0) is 0 Å². The van der Waals surface area contributed by atoms with Crippen molar-refractivity contribution in [3.05, 3.63) is 0 Å². The highest BCUT2D eigenvalue weighted by molar-refractivity contribution is 5.81. The van der Waals surface area contributed by atoms with Crippen molar-refractivity contribution < 1.29 is 0 Å². The highest BCUT2D eigenvalue weighted by Crippen LogP contribution is 1.91. The molecule has 0 aliphatic rings. The number of nitrogens with two attached hydrogens (primary N) is 1. The first-order valence-corrected chi connectivity index (χ1v) is 4.01. The van der Waals surface area contributed by atoms with E-state index in [-0.39, 0.29) is 0 Å². The lowest BCUT2D eigenvalue weighted by molar-refractivity contribution is 0.837. The molecule has 0 spiro atoms. The topological polar surface area (TPSA) is 38.4 Å². The van der Waals surface area contributed by atoms with Crippen LogP contribution in [0.4, 0.5) is 0 Å². The van der Waals surface area contributed by atoms with Crippen LogP contribution in [0, 0.1) is 0 Å². The molecular weight excluding hydrogens is 124 g/mol. The van der Waals surface area contributed by atoms with Gasteiger partial charge in [0.2, 0.25) is 0 Å². The summed E-state index contributed by atoms with van der Waals surface area (Å²) in [6.07, 6.45) is 3.34. The molecule has 2 heteroatoms. The molecule has 0 atom stereocenters. The fourth-order valence-corrected chi connectivity index (χ4v) is 0.802. The molecule has 0 saturated heterocycles. The second-order valence-electron chi connectivity index (χ2n) is 2.51. The maximum Gasteiger partial charge on any atom is 0.0400 e. The standard InChI is InChI=1S/C8H18N2/c1-3-5-8(2)10-7-4-6-9/h3-7,9H2,1-2H3. The van der Waals surface area contributed by atoms with E-state index in [0.29, 0.717) is 0 Å². The summed E-state index contributed by atoms with van der Waals surface area (Å²) >= 11 is 0. The van der Waals surface area contributed by atoms with E-state index < -0.39 is 0 Å². The first-order valence-electron chi connectivity index (χ1n) is 4.01. The Morgan fingerprint density at radius 1 is 1.50 bits per heavy atom. The largest absolute Gasteiger partial charge is 0.330 e. The van der Waals surface area contributed by atoms with E-state index >= 15 is 0 Å². The molecule has 0 rings (SSSR count). The van der Waals surface area contributed by atoms with E-state index in [1.807, 2.05) is 0 Å². The molecule has 60 valence electrons. The fraction of sp³-hybridized carbons (Fsp3) is 0.875. The number of hydrogen-bond donors (Lipinski definition) is 1. The average molecular weight is 142 g/mol. The molecule has 10 heavy (non-hydrogen) atoms. The molecule has 0 bridgehead atoms. The van der Waals surface area contributed by atoms with Gasteiger partial charge < -0.3 is 5.73 Å². The average Bonchev–Trinajstić information content (AvgIpc) is 1.89. The number of rotatable bonds is 5. The van der Waals surface area contributed by atoms with Gasteiger partial charge in [0.1, 0.15) is 0 Å². The molecule has 0 fully saturated rings. The lowest BCUT2D eigenvalue weighted by Crippen LogP contribution is -2.01. The molecule has 0 aromatic rings. The molecule has 0 radical (unpaired) electrons. The third-order valence-corrected chi connectivity index (χ3v) is 1.36. The van der Waals surface area contributed by atoms with Gasteiger partial charge in [0, 0.05) is 12.3 Å². The molecular formula is C8H18N2. The Hall–Kier alpha value is -0.370. The van der Waals surface area contributed by atoms with Crippen molar-refractivity contribution in [2.24, 2.45) is 10.7 Å². The second-order valence-corrected chi connectivity index (χ2v) is 2.51. The SMILES string of the molecule is CCCC(C)=NCCCN. The predicted octanol–water partition coefficient (Wildman–Crippen LogP) is 1.60. The highest BCUT2D eigenvalue weighted by Gasteiger charge is 1.86. The van der Waals surface area contributed by atoms with Crippen LogP contribution in [0.3, 0.4) is 0 Å². The van der Waals surface area contributed by atoms with Gasteiger partial charge in [-0.1, -0.05) is 13.3 Å². The summed E-state index contributed by atoms with van der Waals surface area (Å²) in [5.41, 5.74) is 6.58. The van der Waals surface area contributed by atoms with Crippen LogP contribution in [0.1, 0.15) is 33.1 Å². The van der Waals surface area contributed by atoms with E-state index in [2.05, 4.69) is 18.8 Å². The Bertz CT molecular complexity index is 97.4. The molecule has 0 saturated carbocycles. The lowest BCUT2D eigenvalue weighted by atomic mass is 10.2. The highest BCUT2D eigenvalue weighted by atomic mass is 14.7. The maximum atomic E-state index is 5.32. The third-order valence-electron chi connectivity index (χ3n) is 1.36. The van der Waals surface area contributed by atoms with Crippen LogP contribution >= 0.6 is 0 Å². The normalized spacial score (nSPS) is 12.1. The van der Waals surface area contributed by atoms with Gasteiger partial charge in [-0.25, -0.2) is 0 Å². The summed E-state index contributed by atoms with van der Waals surface area (Å²) in [5, 5.41) is 0. The van der Waals surface area contributed by atoms with E-state index in [9.17, 15) is 0 Å². The van der Waals surface area contributed by atoms with Crippen molar-refractivity contribution >= 4 is 5.71 Å². The van der Waals surface area contributed by atoms with E-state index in [4.69, 9.17) is 5.73 Å². The van der Waals surface area contributed by atoms with Gasteiger partial charge in [-0.3, -0.25) is 4.99 Å². The van der Waals surface area contributed by atoms with E-state index in [1.54, 1.807) is 0 Å². The third kappa shape index (κ3) is 5.76. The quantitative estimate of drug-likeness (QED) is 0.459. The van der Waals surface area contributed by atoms with Crippen molar-refractivity contribution in [2.45, 2.75) is 33.1 Å². The Morgan fingerprint density at radius 3 is 2.70 bits per heavy atom. The second kappa shape index (κ2) is 6.75. The van der Waals surface area contributed by atoms with Crippen LogP contribution < -0.4 is 5.73 Å². The monoisotopic (exact) mass is 142 g/mol. The van der Waals surface area contributed by atoms with Crippen molar-refractivity contribution in [2.75, 3.05) is 13.1 Å². The van der Waals surface area contributed by atoms with Crippen LogP contribution in [0.15, 0.2) is 4.99 Å². The lowest BCUT2D eigenvalue weighted by Gasteiger charge is -1.96. The Morgan fingerprint density at radius 2 is 2.20 bits per heavy atom. The zero-order valence-electron chi connectivity index (χ0n) is 7.06. The predicted molar refractivity (Wildman–Crippen MR) is 46.6 cm³/mol. The van der Waals surface area contributed by atoms with Crippen molar-refractivity contribution in [3.63, 3.8) is 0 Å². The van der Waals surface area contributed by atoms with Gasteiger partial charge in [-0.05, 0) is 26.3 Å². The zero-order chi connectivity index (χ0) is 7.82. The molecule has 2 nitrogen and oxygen atoms in total. The minimum absolute atomic E-state index is 0.753. The Balaban J connectivity index is 3.28. The summed E-state index contributed by atoms with van der Waals surface area (Å²) in [5.74, 6) is 0. The number of nitrogens with zero attached hydrogens (tertiary/aromatic N) is 1. The summed E-state index contributed by atoms with van der Waals surface area (Å²) in [7, 11) is 0. The van der Waals surface area contributed by atoms with Crippen LogP contribution in [0.25, 0.3) is 0 Å². The first-order chi connectivity index (χ1) is 4.81. The molecule has 0 aliphatic carbocycles. The smallest absolute Gasteiger partial charge is 0.0400 e. The van der Waals surface area contributed by atoms with Gasteiger partial charge in [0.15, 0.2) is 0 Å². The summed E-state index contributed by atoms with van der Waals surface area (Å²) in [4.78, 5) is 4.34. The number of aliphatic imine (C=N–C) groups is 1. The summed E-state index contributed by atoms with van der Waals surface area (Å²) in [6, 6.07) is 0. The maximum absolute atomic E-state index is 5.32. The van der Waals surface area contributed by atoms with Gasteiger partial charge in [-0.2, -0.15) is 0 Å². The van der Waals surface area contributed by atoms with Crippen LogP contribution in [0.2, 0.25) is 0 Å². The van der Waals surface area contributed by atoms with Crippen molar-refractivity contribution in [3.8, 4) is 0 Å². The Labute approximate surface area is 63.5 Å². The molecule has 0 amide bonds. The minimum Gasteiger partial charge on any atom is -0.330 e.